The van der Waals surface area contributed by atoms with E-state index in [4.69, 9.17) is 4.74 Å². The summed E-state index contributed by atoms with van der Waals surface area (Å²) in [5.41, 5.74) is -6.82. The number of hydrogen-bond donors (Lipinski definition) is 0. The number of carbonyl (C=O) groups excluding carboxylic acids is 1. The molecule has 0 atom stereocenters. The molecule has 0 aliphatic carbocycles. The lowest BCUT2D eigenvalue weighted by atomic mass is 9.93. The lowest BCUT2D eigenvalue weighted by molar-refractivity contribution is -0.0501. The van der Waals surface area contributed by atoms with Crippen LogP contribution in [0.4, 0.5) is 18.0 Å². The van der Waals surface area contributed by atoms with Crippen molar-refractivity contribution in [2.24, 2.45) is 0 Å². The topological polar surface area (TPSA) is 120 Å². The summed E-state index contributed by atoms with van der Waals surface area (Å²) in [6.07, 6.45) is 0.708. The first-order valence-corrected chi connectivity index (χ1v) is 11.0. The third kappa shape index (κ3) is 5.29. The van der Waals surface area contributed by atoms with Gasteiger partial charge in [-0.05, 0) is 45.7 Å². The molecule has 2 aromatic rings. The molecular weight excluding hydrogens is 457 g/mol. The summed E-state index contributed by atoms with van der Waals surface area (Å²) in [4.78, 5) is 29.7. The van der Waals surface area contributed by atoms with Gasteiger partial charge in [-0.1, -0.05) is 0 Å². The van der Waals surface area contributed by atoms with Crippen LogP contribution in [0.1, 0.15) is 45.2 Å². The Bertz CT molecular complexity index is 1180. The van der Waals surface area contributed by atoms with Gasteiger partial charge in [-0.3, -0.25) is 4.79 Å². The number of fused-ring (bicyclic) bond motifs is 1. The van der Waals surface area contributed by atoms with Crippen molar-refractivity contribution >= 4 is 21.9 Å². The zero-order valence-corrected chi connectivity index (χ0v) is 18.2. The van der Waals surface area contributed by atoms with Gasteiger partial charge in [0.15, 0.2) is 5.65 Å². The fourth-order valence-electron chi connectivity index (χ4n) is 3.09. The zero-order valence-electron chi connectivity index (χ0n) is 17.4. The van der Waals surface area contributed by atoms with Crippen LogP contribution < -0.4 is 9.74 Å². The van der Waals surface area contributed by atoms with Gasteiger partial charge in [-0.15, -0.1) is 0 Å². The Morgan fingerprint density at radius 1 is 1.16 bits per heavy atom. The molecule has 14 heteroatoms. The monoisotopic (exact) mass is 478 g/mol. The van der Waals surface area contributed by atoms with E-state index in [2.05, 4.69) is 14.3 Å². The fraction of sp³-hybridized carbons (Fsp3) is 0.556. The number of ether oxygens (including phenoxy) is 1. The first-order chi connectivity index (χ1) is 14.7. The van der Waals surface area contributed by atoms with E-state index >= 15 is 0 Å². The van der Waals surface area contributed by atoms with Gasteiger partial charge in [0.05, 0.1) is 11.8 Å². The highest BCUT2D eigenvalue weighted by Crippen LogP contribution is 2.28. The van der Waals surface area contributed by atoms with Gasteiger partial charge < -0.3 is 13.8 Å². The molecule has 1 saturated heterocycles. The average Bonchev–Trinajstić information content (AvgIpc) is 2.65. The van der Waals surface area contributed by atoms with Crippen molar-refractivity contribution in [2.45, 2.75) is 50.6 Å². The molecule has 1 fully saturated rings. The molecule has 0 spiro atoms. The first kappa shape index (κ1) is 23.8. The van der Waals surface area contributed by atoms with Crippen molar-refractivity contribution in [3.63, 3.8) is 0 Å². The number of halogens is 3. The standard InChI is InChI=1S/C18H21F3N4O6S/c1-17(2,3)30-16(27)24-8-6-11(7-9-24)12-4-5-13-22-14(10-15(26)25(13)23-12)31-32(28,29)18(19,20)21/h4-5,10-11H,6-9H2,1-3H3. The van der Waals surface area contributed by atoms with Gasteiger partial charge in [0.25, 0.3) is 5.56 Å². The molecule has 10 nitrogen and oxygen atoms in total. The second-order valence-corrected chi connectivity index (χ2v) is 9.72. The molecule has 0 aromatic carbocycles. The number of hydrogen-bond acceptors (Lipinski definition) is 8. The molecule has 0 bridgehead atoms. The van der Waals surface area contributed by atoms with Crippen LogP contribution in [0.15, 0.2) is 23.0 Å². The minimum absolute atomic E-state index is 0.0773. The lowest BCUT2D eigenvalue weighted by Gasteiger charge is -2.33. The molecule has 1 aliphatic heterocycles. The molecule has 0 unspecified atom stereocenters. The van der Waals surface area contributed by atoms with E-state index < -0.39 is 38.8 Å². The highest BCUT2D eigenvalue weighted by atomic mass is 32.2. The molecular formula is C18H21F3N4O6S. The van der Waals surface area contributed by atoms with E-state index in [1.165, 1.54) is 12.1 Å². The van der Waals surface area contributed by atoms with Crippen molar-refractivity contribution < 1.29 is 35.3 Å². The van der Waals surface area contributed by atoms with E-state index in [1.807, 2.05) is 0 Å². The van der Waals surface area contributed by atoms with E-state index in [0.29, 0.717) is 37.7 Å². The minimum atomic E-state index is -5.96. The number of rotatable bonds is 3. The van der Waals surface area contributed by atoms with Gasteiger partial charge in [0, 0.05) is 19.0 Å². The Morgan fingerprint density at radius 3 is 2.34 bits per heavy atom. The van der Waals surface area contributed by atoms with Crippen LogP contribution >= 0.6 is 0 Å². The van der Waals surface area contributed by atoms with Gasteiger partial charge >= 0.3 is 21.7 Å². The van der Waals surface area contributed by atoms with Gasteiger partial charge in [-0.2, -0.15) is 36.2 Å². The Morgan fingerprint density at radius 2 is 1.78 bits per heavy atom. The molecule has 1 amide bonds. The SMILES string of the molecule is CC(C)(C)OC(=O)N1CCC(c2ccc3nc(OS(=O)(=O)C(F)(F)F)cc(=O)n3n2)CC1. The third-order valence-corrected chi connectivity index (χ3v) is 5.52. The van der Waals surface area contributed by atoms with Gasteiger partial charge in [0.2, 0.25) is 5.88 Å². The second-order valence-electron chi connectivity index (χ2n) is 8.19. The van der Waals surface area contributed by atoms with Crippen molar-refractivity contribution in [3.05, 3.63) is 34.2 Å². The van der Waals surface area contributed by atoms with E-state index in [0.717, 1.165) is 4.52 Å². The molecule has 3 rings (SSSR count). The normalized spacial score (nSPS) is 16.2. The van der Waals surface area contributed by atoms with Crippen LogP contribution in [-0.4, -0.2) is 58.2 Å². The maximum absolute atomic E-state index is 12.5. The van der Waals surface area contributed by atoms with Crippen molar-refractivity contribution in [2.75, 3.05) is 13.1 Å². The Kier molecular flexibility index (Phi) is 6.10. The summed E-state index contributed by atoms with van der Waals surface area (Å²) < 4.78 is 69.8. The largest absolute Gasteiger partial charge is 0.534 e. The summed E-state index contributed by atoms with van der Waals surface area (Å²) in [6.45, 7) is 6.18. The second kappa shape index (κ2) is 8.22. The lowest BCUT2D eigenvalue weighted by Crippen LogP contribution is -2.41. The molecule has 0 saturated carbocycles. The Hall–Kier alpha value is -2.90. The van der Waals surface area contributed by atoms with Crippen LogP contribution in [0.25, 0.3) is 5.65 Å². The summed E-state index contributed by atoms with van der Waals surface area (Å²) in [6, 6.07) is 3.38. The molecule has 1 aliphatic rings. The minimum Gasteiger partial charge on any atom is -0.444 e. The summed E-state index contributed by atoms with van der Waals surface area (Å²) in [5, 5.41) is 4.19. The number of amides is 1. The van der Waals surface area contributed by atoms with Crippen molar-refractivity contribution in [1.82, 2.24) is 19.5 Å². The predicted molar refractivity (Wildman–Crippen MR) is 105 cm³/mol. The quantitative estimate of drug-likeness (QED) is 0.487. The molecule has 0 radical (unpaired) electrons. The van der Waals surface area contributed by atoms with Crippen LogP contribution in [0.2, 0.25) is 0 Å². The summed E-state index contributed by atoms with van der Waals surface area (Å²) in [5.74, 6) is -1.08. The van der Waals surface area contributed by atoms with E-state index in [1.54, 1.807) is 25.7 Å². The highest BCUT2D eigenvalue weighted by molar-refractivity contribution is 7.87. The number of likely N-dealkylation sites (tertiary alicyclic amines) is 1. The first-order valence-electron chi connectivity index (χ1n) is 9.56. The van der Waals surface area contributed by atoms with Crippen LogP contribution in [-0.2, 0) is 14.9 Å². The molecule has 32 heavy (non-hydrogen) atoms. The van der Waals surface area contributed by atoms with E-state index in [9.17, 15) is 31.2 Å². The summed E-state index contributed by atoms with van der Waals surface area (Å²) >= 11 is 0. The smallest absolute Gasteiger partial charge is 0.444 e. The molecule has 176 valence electrons. The average molecular weight is 478 g/mol. The molecule has 0 N–H and O–H groups in total. The highest BCUT2D eigenvalue weighted by Gasteiger charge is 2.49. The number of alkyl halides is 3. The van der Waals surface area contributed by atoms with Gasteiger partial charge in [-0.25, -0.2) is 4.79 Å². The fourth-order valence-corrected chi connectivity index (χ4v) is 3.50. The maximum atomic E-state index is 12.5. The summed E-state index contributed by atoms with van der Waals surface area (Å²) in [7, 11) is -5.96. The Balaban J connectivity index is 1.76. The molecule has 3 heterocycles. The van der Waals surface area contributed by atoms with Crippen LogP contribution in [0.5, 0.6) is 5.88 Å². The van der Waals surface area contributed by atoms with Crippen molar-refractivity contribution in [1.29, 1.82) is 0 Å². The number of piperidine rings is 1. The third-order valence-electron chi connectivity index (χ3n) is 4.56. The van der Waals surface area contributed by atoms with Gasteiger partial charge in [0.1, 0.15) is 5.60 Å². The van der Waals surface area contributed by atoms with Crippen LogP contribution in [0.3, 0.4) is 0 Å². The Labute approximate surface area is 181 Å². The van der Waals surface area contributed by atoms with E-state index in [-0.39, 0.29) is 11.6 Å². The predicted octanol–water partition coefficient (Wildman–Crippen LogP) is 2.43. The number of aromatic nitrogens is 3. The van der Waals surface area contributed by atoms with Crippen molar-refractivity contribution in [3.8, 4) is 5.88 Å². The van der Waals surface area contributed by atoms with Crippen LogP contribution in [0, 0.1) is 0 Å². The number of nitrogens with zero attached hydrogens (tertiary/aromatic N) is 4. The number of carbonyl (C=O) groups is 1. The molecule has 2 aromatic heterocycles. The maximum Gasteiger partial charge on any atom is 0.534 e. The zero-order chi connectivity index (χ0) is 23.9.